The number of para-hydroxylation sites is 1. The summed E-state index contributed by atoms with van der Waals surface area (Å²) in [5.74, 6) is 1.68. The first kappa shape index (κ1) is 24.6. The summed E-state index contributed by atoms with van der Waals surface area (Å²) in [6.45, 7) is 6.51. The van der Waals surface area contributed by atoms with Crippen molar-refractivity contribution in [1.29, 1.82) is 0 Å². The van der Waals surface area contributed by atoms with Crippen molar-refractivity contribution in [2.24, 2.45) is 0 Å². The smallest absolute Gasteiger partial charge is 0.322 e. The molecule has 196 valence electrons. The highest BCUT2D eigenvalue weighted by Gasteiger charge is 2.36. The molecule has 5 aromatic rings. The SMILES string of the molecule is COc1cccc(C2c3cccn3-c3c(c(C)nn3-c3ccccc3)CN2C(=O)Nc2ccc(C)c(C)c2)c1. The van der Waals surface area contributed by atoms with Gasteiger partial charge in [0.25, 0.3) is 0 Å². The second-order valence-corrected chi connectivity index (χ2v) is 9.97. The summed E-state index contributed by atoms with van der Waals surface area (Å²) >= 11 is 0. The molecular formula is C32H31N5O2. The lowest BCUT2D eigenvalue weighted by molar-refractivity contribution is 0.194. The van der Waals surface area contributed by atoms with Gasteiger partial charge in [0.05, 0.1) is 36.8 Å². The molecule has 7 heteroatoms. The molecule has 3 aromatic carbocycles. The van der Waals surface area contributed by atoms with Crippen molar-refractivity contribution in [2.45, 2.75) is 33.4 Å². The number of carbonyl (C=O) groups is 1. The Hall–Kier alpha value is -4.78. The van der Waals surface area contributed by atoms with Crippen LogP contribution in [0.2, 0.25) is 0 Å². The van der Waals surface area contributed by atoms with Crippen molar-refractivity contribution in [3.05, 3.63) is 125 Å². The van der Waals surface area contributed by atoms with Gasteiger partial charge in [0.2, 0.25) is 0 Å². The molecule has 0 saturated heterocycles. The molecule has 0 spiro atoms. The van der Waals surface area contributed by atoms with E-state index in [-0.39, 0.29) is 12.1 Å². The summed E-state index contributed by atoms with van der Waals surface area (Å²) < 4.78 is 9.70. The van der Waals surface area contributed by atoms with Crippen LogP contribution in [0.4, 0.5) is 10.5 Å². The number of fused-ring (bicyclic) bond motifs is 3. The van der Waals surface area contributed by atoms with Gasteiger partial charge in [0, 0.05) is 17.4 Å². The van der Waals surface area contributed by atoms with Crippen LogP contribution in [0, 0.1) is 20.8 Å². The molecule has 1 atom stereocenters. The Bertz CT molecular complexity index is 1670. The second kappa shape index (κ2) is 9.83. The van der Waals surface area contributed by atoms with Gasteiger partial charge in [-0.3, -0.25) is 0 Å². The predicted octanol–water partition coefficient (Wildman–Crippen LogP) is 6.73. The van der Waals surface area contributed by atoms with Gasteiger partial charge in [0.15, 0.2) is 0 Å². The topological polar surface area (TPSA) is 64.3 Å². The zero-order valence-electron chi connectivity index (χ0n) is 22.6. The van der Waals surface area contributed by atoms with Crippen LogP contribution in [0.15, 0.2) is 91.1 Å². The number of hydrogen-bond acceptors (Lipinski definition) is 3. The number of ether oxygens (including phenoxy) is 1. The summed E-state index contributed by atoms with van der Waals surface area (Å²) in [6, 6.07) is 27.6. The number of benzene rings is 3. The maximum Gasteiger partial charge on any atom is 0.322 e. The monoisotopic (exact) mass is 517 g/mol. The third-order valence-corrected chi connectivity index (χ3v) is 7.52. The molecule has 1 aliphatic heterocycles. The van der Waals surface area contributed by atoms with Gasteiger partial charge in [0.1, 0.15) is 11.6 Å². The van der Waals surface area contributed by atoms with Gasteiger partial charge < -0.3 is 19.5 Å². The highest BCUT2D eigenvalue weighted by molar-refractivity contribution is 5.90. The van der Waals surface area contributed by atoms with E-state index in [4.69, 9.17) is 9.84 Å². The van der Waals surface area contributed by atoms with E-state index in [1.807, 2.05) is 102 Å². The molecule has 1 N–H and O–H groups in total. The van der Waals surface area contributed by atoms with E-state index in [2.05, 4.69) is 29.8 Å². The van der Waals surface area contributed by atoms with E-state index in [9.17, 15) is 4.79 Å². The minimum atomic E-state index is -0.363. The van der Waals surface area contributed by atoms with Crippen molar-refractivity contribution in [3.8, 4) is 17.3 Å². The van der Waals surface area contributed by atoms with E-state index in [1.54, 1.807) is 7.11 Å². The van der Waals surface area contributed by atoms with Gasteiger partial charge in [-0.2, -0.15) is 5.10 Å². The number of aromatic nitrogens is 3. The lowest BCUT2D eigenvalue weighted by atomic mass is 10.0. The first-order valence-corrected chi connectivity index (χ1v) is 13.0. The molecule has 2 amide bonds. The molecule has 0 aliphatic carbocycles. The Labute approximate surface area is 228 Å². The number of nitrogens with one attached hydrogen (secondary N) is 1. The molecule has 2 aromatic heterocycles. The molecule has 0 saturated carbocycles. The Kier molecular flexibility index (Phi) is 6.19. The minimum Gasteiger partial charge on any atom is -0.497 e. The molecule has 1 aliphatic rings. The average Bonchev–Trinajstić information content (AvgIpc) is 3.51. The van der Waals surface area contributed by atoms with Crippen LogP contribution in [0.1, 0.15) is 39.7 Å². The summed E-state index contributed by atoms with van der Waals surface area (Å²) in [4.78, 5) is 16.0. The minimum absolute atomic E-state index is 0.182. The van der Waals surface area contributed by atoms with E-state index in [0.29, 0.717) is 6.54 Å². The van der Waals surface area contributed by atoms with Crippen molar-refractivity contribution < 1.29 is 9.53 Å². The first-order valence-electron chi connectivity index (χ1n) is 13.0. The van der Waals surface area contributed by atoms with E-state index in [0.717, 1.165) is 51.0 Å². The number of carbonyl (C=O) groups excluding carboxylic acids is 1. The van der Waals surface area contributed by atoms with Gasteiger partial charge in [-0.05, 0) is 86.0 Å². The summed E-state index contributed by atoms with van der Waals surface area (Å²) in [6.07, 6.45) is 2.05. The van der Waals surface area contributed by atoms with Crippen LogP contribution < -0.4 is 10.1 Å². The number of urea groups is 1. The molecule has 39 heavy (non-hydrogen) atoms. The van der Waals surface area contributed by atoms with Crippen LogP contribution >= 0.6 is 0 Å². The van der Waals surface area contributed by atoms with Crippen LogP contribution in [0.5, 0.6) is 5.75 Å². The van der Waals surface area contributed by atoms with E-state index in [1.165, 1.54) is 5.56 Å². The summed E-state index contributed by atoms with van der Waals surface area (Å²) in [5.41, 5.74) is 7.85. The van der Waals surface area contributed by atoms with Gasteiger partial charge in [-0.1, -0.05) is 36.4 Å². The number of anilines is 1. The number of nitrogens with zero attached hydrogens (tertiary/aromatic N) is 4. The average molecular weight is 518 g/mol. The number of aryl methyl sites for hydroxylation is 3. The lowest BCUT2D eigenvalue weighted by Gasteiger charge is -2.31. The van der Waals surface area contributed by atoms with Crippen molar-refractivity contribution >= 4 is 11.7 Å². The maximum atomic E-state index is 14.1. The molecule has 3 heterocycles. The van der Waals surface area contributed by atoms with Gasteiger partial charge >= 0.3 is 6.03 Å². The number of rotatable bonds is 4. The molecular weight excluding hydrogens is 486 g/mol. The molecule has 6 rings (SSSR count). The van der Waals surface area contributed by atoms with Crippen LogP contribution in [-0.2, 0) is 6.54 Å². The first-order chi connectivity index (χ1) is 18.9. The number of methoxy groups -OCH3 is 1. The fourth-order valence-electron chi connectivity index (χ4n) is 5.33. The molecule has 0 fully saturated rings. The predicted molar refractivity (Wildman–Crippen MR) is 153 cm³/mol. The standard InChI is InChI=1S/C32H31N5O2/c1-21-15-16-25(18-22(21)2)33-32(38)36-20-28-23(3)34-37(26-11-6-5-7-12-26)31(28)35-17-9-14-29(35)30(36)24-10-8-13-27(19-24)39-4/h5-19,30H,20H2,1-4H3,(H,33,38). The van der Waals surface area contributed by atoms with Crippen LogP contribution in [0.3, 0.4) is 0 Å². The number of amides is 2. The normalized spacial score (nSPS) is 14.4. The summed E-state index contributed by atoms with van der Waals surface area (Å²) in [7, 11) is 1.66. The fraction of sp³-hybridized carbons (Fsp3) is 0.188. The Morgan fingerprint density at radius 1 is 0.923 bits per heavy atom. The van der Waals surface area contributed by atoms with Crippen molar-refractivity contribution in [2.75, 3.05) is 12.4 Å². The zero-order chi connectivity index (χ0) is 27.1. The lowest BCUT2D eigenvalue weighted by Crippen LogP contribution is -2.38. The quantitative estimate of drug-likeness (QED) is 0.287. The van der Waals surface area contributed by atoms with Crippen LogP contribution in [-0.4, -0.2) is 32.4 Å². The highest BCUT2D eigenvalue weighted by Crippen LogP contribution is 2.39. The highest BCUT2D eigenvalue weighted by atomic mass is 16.5. The number of hydrogen-bond donors (Lipinski definition) is 1. The summed E-state index contributed by atoms with van der Waals surface area (Å²) in [5, 5.41) is 8.09. The third kappa shape index (κ3) is 4.36. The second-order valence-electron chi connectivity index (χ2n) is 9.97. The fourth-order valence-corrected chi connectivity index (χ4v) is 5.33. The Morgan fingerprint density at radius 3 is 2.51 bits per heavy atom. The molecule has 0 radical (unpaired) electrons. The molecule has 0 bridgehead atoms. The Balaban J connectivity index is 1.53. The maximum absolute atomic E-state index is 14.1. The largest absolute Gasteiger partial charge is 0.497 e. The zero-order valence-corrected chi connectivity index (χ0v) is 22.6. The van der Waals surface area contributed by atoms with Gasteiger partial charge in [-0.25, -0.2) is 9.48 Å². The third-order valence-electron chi connectivity index (χ3n) is 7.52. The Morgan fingerprint density at radius 2 is 1.74 bits per heavy atom. The molecule has 7 nitrogen and oxygen atoms in total. The van der Waals surface area contributed by atoms with E-state index < -0.39 is 0 Å². The molecule has 1 unspecified atom stereocenters. The van der Waals surface area contributed by atoms with Crippen molar-refractivity contribution in [3.63, 3.8) is 0 Å². The van der Waals surface area contributed by atoms with Crippen molar-refractivity contribution in [1.82, 2.24) is 19.2 Å². The van der Waals surface area contributed by atoms with Crippen LogP contribution in [0.25, 0.3) is 11.5 Å². The van der Waals surface area contributed by atoms with E-state index >= 15 is 0 Å². The van der Waals surface area contributed by atoms with Gasteiger partial charge in [-0.15, -0.1) is 0 Å².